The summed E-state index contributed by atoms with van der Waals surface area (Å²) in [6, 6.07) is 0.581. The minimum Gasteiger partial charge on any atom is -0.469 e. The van der Waals surface area contributed by atoms with Crippen molar-refractivity contribution in [2.24, 2.45) is 5.92 Å². The molecule has 1 saturated carbocycles. The molecule has 3 atom stereocenters. The van der Waals surface area contributed by atoms with Crippen LogP contribution in [0.1, 0.15) is 33.1 Å². The Morgan fingerprint density at radius 2 is 2.31 bits per heavy atom. The molecule has 0 amide bonds. The van der Waals surface area contributed by atoms with Crippen LogP contribution >= 0.6 is 11.8 Å². The molecule has 1 N–H and O–H groups in total. The number of carbonyl (C=O) groups is 1. The van der Waals surface area contributed by atoms with Crippen LogP contribution in [0.15, 0.2) is 0 Å². The average Bonchev–Trinajstić information content (AvgIpc) is 2.73. The van der Waals surface area contributed by atoms with Gasteiger partial charge >= 0.3 is 5.97 Å². The van der Waals surface area contributed by atoms with Crippen molar-refractivity contribution in [3.8, 4) is 0 Å². The Morgan fingerprint density at radius 3 is 2.94 bits per heavy atom. The van der Waals surface area contributed by atoms with Crippen LogP contribution in [0.3, 0.4) is 0 Å². The number of nitrogens with one attached hydrogen (secondary N) is 1. The maximum atomic E-state index is 11.3. The van der Waals surface area contributed by atoms with Crippen LogP contribution in [-0.2, 0) is 9.53 Å². The third-order valence-electron chi connectivity index (χ3n) is 3.12. The van der Waals surface area contributed by atoms with Gasteiger partial charge in [-0.05, 0) is 18.6 Å². The monoisotopic (exact) mass is 245 g/mol. The van der Waals surface area contributed by atoms with Gasteiger partial charge in [0.2, 0.25) is 0 Å². The number of hydrogen-bond acceptors (Lipinski definition) is 4. The molecule has 3 unspecified atom stereocenters. The van der Waals surface area contributed by atoms with Crippen molar-refractivity contribution >= 4 is 17.7 Å². The molecule has 1 fully saturated rings. The van der Waals surface area contributed by atoms with E-state index in [2.05, 4.69) is 12.2 Å². The van der Waals surface area contributed by atoms with Crippen LogP contribution in [0, 0.1) is 5.92 Å². The zero-order valence-electron chi connectivity index (χ0n) is 10.5. The lowest BCUT2D eigenvalue weighted by atomic mass is 10.1. The second kappa shape index (κ2) is 7.17. The van der Waals surface area contributed by atoms with Crippen molar-refractivity contribution in [3.63, 3.8) is 0 Å². The van der Waals surface area contributed by atoms with Crippen molar-refractivity contribution < 1.29 is 9.53 Å². The molecule has 16 heavy (non-hydrogen) atoms. The third-order valence-corrected chi connectivity index (χ3v) is 4.45. The van der Waals surface area contributed by atoms with Gasteiger partial charge in [0.05, 0.1) is 13.0 Å². The maximum absolute atomic E-state index is 11.3. The Kier molecular flexibility index (Phi) is 6.21. The van der Waals surface area contributed by atoms with Gasteiger partial charge in [-0.2, -0.15) is 11.8 Å². The van der Waals surface area contributed by atoms with Gasteiger partial charge in [-0.1, -0.05) is 20.3 Å². The summed E-state index contributed by atoms with van der Waals surface area (Å²) in [6.45, 7) is 4.85. The van der Waals surface area contributed by atoms with Crippen LogP contribution < -0.4 is 5.32 Å². The van der Waals surface area contributed by atoms with E-state index in [1.165, 1.54) is 32.1 Å². The molecular weight excluding hydrogens is 222 g/mol. The van der Waals surface area contributed by atoms with Gasteiger partial charge in [0.15, 0.2) is 0 Å². The summed E-state index contributed by atoms with van der Waals surface area (Å²) in [6.07, 6.45) is 3.86. The van der Waals surface area contributed by atoms with E-state index in [1.807, 2.05) is 18.7 Å². The molecule has 0 aromatic rings. The molecule has 0 heterocycles. The highest BCUT2D eigenvalue weighted by molar-refractivity contribution is 7.99. The van der Waals surface area contributed by atoms with Gasteiger partial charge in [-0.3, -0.25) is 4.79 Å². The van der Waals surface area contributed by atoms with Crippen molar-refractivity contribution in [1.82, 2.24) is 5.32 Å². The Balaban J connectivity index is 2.28. The fraction of sp³-hybridized carbons (Fsp3) is 0.917. The first-order valence-electron chi connectivity index (χ1n) is 6.11. The Bertz CT molecular complexity index is 223. The molecule has 1 aliphatic rings. The zero-order chi connectivity index (χ0) is 12.0. The van der Waals surface area contributed by atoms with Gasteiger partial charge < -0.3 is 10.1 Å². The van der Waals surface area contributed by atoms with E-state index in [-0.39, 0.29) is 11.9 Å². The molecule has 0 aromatic heterocycles. The number of rotatable bonds is 6. The maximum Gasteiger partial charge on any atom is 0.309 e. The normalized spacial score (nSPS) is 26.7. The highest BCUT2D eigenvalue weighted by atomic mass is 32.2. The van der Waals surface area contributed by atoms with Crippen LogP contribution in [0.4, 0.5) is 0 Å². The quantitative estimate of drug-likeness (QED) is 0.727. The van der Waals surface area contributed by atoms with E-state index in [4.69, 9.17) is 4.74 Å². The summed E-state index contributed by atoms with van der Waals surface area (Å²) in [7, 11) is 1.45. The number of methoxy groups -OCH3 is 1. The number of ether oxygens (including phenoxy) is 1. The molecule has 0 aliphatic heterocycles. The number of hydrogen-bond donors (Lipinski definition) is 1. The first-order chi connectivity index (χ1) is 7.69. The topological polar surface area (TPSA) is 38.3 Å². The predicted octanol–water partition coefficient (Wildman–Crippen LogP) is 2.06. The molecule has 3 nitrogen and oxygen atoms in total. The van der Waals surface area contributed by atoms with Crippen molar-refractivity contribution in [2.45, 2.75) is 44.4 Å². The average molecular weight is 245 g/mol. The van der Waals surface area contributed by atoms with Crippen molar-refractivity contribution in [2.75, 3.05) is 19.4 Å². The highest BCUT2D eigenvalue weighted by Crippen LogP contribution is 2.29. The molecular formula is C12H23NO2S. The first-order valence-corrected chi connectivity index (χ1v) is 7.16. The van der Waals surface area contributed by atoms with Gasteiger partial charge in [0.25, 0.3) is 0 Å². The fourth-order valence-corrected chi connectivity index (χ4v) is 3.41. The van der Waals surface area contributed by atoms with Gasteiger partial charge in [0.1, 0.15) is 0 Å². The molecule has 0 aromatic carbocycles. The molecule has 0 spiro atoms. The lowest BCUT2D eigenvalue weighted by Crippen LogP contribution is -2.38. The van der Waals surface area contributed by atoms with Crippen molar-refractivity contribution in [3.05, 3.63) is 0 Å². The molecule has 0 bridgehead atoms. The SMILES string of the molecule is CCSC1CCCC1NCC(C)C(=O)OC. The Labute approximate surface area is 103 Å². The molecule has 0 radical (unpaired) electrons. The zero-order valence-corrected chi connectivity index (χ0v) is 11.3. The minimum absolute atomic E-state index is 0.0436. The van der Waals surface area contributed by atoms with E-state index in [0.717, 1.165) is 11.8 Å². The smallest absolute Gasteiger partial charge is 0.309 e. The summed E-state index contributed by atoms with van der Waals surface area (Å²) >= 11 is 2.03. The Hall–Kier alpha value is -0.220. The summed E-state index contributed by atoms with van der Waals surface area (Å²) in [5.41, 5.74) is 0. The van der Waals surface area contributed by atoms with Crippen molar-refractivity contribution in [1.29, 1.82) is 0 Å². The van der Waals surface area contributed by atoms with Gasteiger partial charge in [-0.25, -0.2) is 0 Å². The second-order valence-electron chi connectivity index (χ2n) is 4.36. The summed E-state index contributed by atoms with van der Waals surface area (Å²) in [4.78, 5) is 11.3. The summed E-state index contributed by atoms with van der Waals surface area (Å²) in [5, 5.41) is 4.24. The van der Waals surface area contributed by atoms with E-state index in [1.54, 1.807) is 0 Å². The number of thioether (sulfide) groups is 1. The third kappa shape index (κ3) is 3.98. The van der Waals surface area contributed by atoms with E-state index in [0.29, 0.717) is 6.04 Å². The lowest BCUT2D eigenvalue weighted by Gasteiger charge is -2.21. The largest absolute Gasteiger partial charge is 0.469 e. The summed E-state index contributed by atoms with van der Waals surface area (Å²) < 4.78 is 4.72. The molecule has 1 aliphatic carbocycles. The van der Waals surface area contributed by atoms with Crippen LogP contribution in [-0.4, -0.2) is 36.7 Å². The standard InChI is InChI=1S/C12H23NO2S/c1-4-16-11-7-5-6-10(11)13-8-9(2)12(14)15-3/h9-11,13H,4-8H2,1-3H3. The molecule has 94 valence electrons. The Morgan fingerprint density at radius 1 is 1.56 bits per heavy atom. The van der Waals surface area contributed by atoms with E-state index in [9.17, 15) is 4.79 Å². The number of esters is 1. The minimum atomic E-state index is -0.120. The highest BCUT2D eigenvalue weighted by Gasteiger charge is 2.27. The predicted molar refractivity (Wildman–Crippen MR) is 68.7 cm³/mol. The first kappa shape index (κ1) is 13.8. The van der Waals surface area contributed by atoms with Crippen LogP contribution in [0.2, 0.25) is 0 Å². The number of carbonyl (C=O) groups excluding carboxylic acids is 1. The fourth-order valence-electron chi connectivity index (χ4n) is 2.19. The van der Waals surface area contributed by atoms with Gasteiger partial charge in [0, 0.05) is 17.8 Å². The second-order valence-corrected chi connectivity index (χ2v) is 5.88. The summed E-state index contributed by atoms with van der Waals surface area (Å²) in [5.74, 6) is 1.01. The molecule has 0 saturated heterocycles. The van der Waals surface area contributed by atoms with Crippen LogP contribution in [0.25, 0.3) is 0 Å². The lowest BCUT2D eigenvalue weighted by molar-refractivity contribution is -0.144. The molecule has 1 rings (SSSR count). The van der Waals surface area contributed by atoms with E-state index < -0.39 is 0 Å². The van der Waals surface area contributed by atoms with Crippen LogP contribution in [0.5, 0.6) is 0 Å². The molecule has 4 heteroatoms. The van der Waals surface area contributed by atoms with E-state index >= 15 is 0 Å². The van der Waals surface area contributed by atoms with Gasteiger partial charge in [-0.15, -0.1) is 0 Å².